The standard InChI is InChI=1S/C31H40N2O6Si/c1-5-18-31(25-16-19-32(20-17-25)30(37)38-21-22-40(2,3)4)28(34)39-27(24-14-10-7-11-15-24)26(33(31)29(35)36)23-12-8-6-9-13-23/h5-15,25-27H,1,16-22H2,2-4H3,(H,35,36)/t26-,27+,31+/m1/s1. The highest BCUT2D eigenvalue weighted by molar-refractivity contribution is 6.76. The van der Waals surface area contributed by atoms with Crippen molar-refractivity contribution in [3.05, 3.63) is 84.4 Å². The van der Waals surface area contributed by atoms with Crippen LogP contribution in [0, 0.1) is 5.92 Å². The van der Waals surface area contributed by atoms with Crippen LogP contribution in [-0.4, -0.2) is 66.4 Å². The minimum Gasteiger partial charge on any atom is -0.465 e. The third-order valence-electron chi connectivity index (χ3n) is 8.02. The molecule has 3 atom stereocenters. The molecule has 214 valence electrons. The predicted molar refractivity (Wildman–Crippen MR) is 156 cm³/mol. The van der Waals surface area contributed by atoms with Crippen molar-refractivity contribution in [1.82, 2.24) is 9.80 Å². The summed E-state index contributed by atoms with van der Waals surface area (Å²) in [7, 11) is -1.33. The first-order valence-corrected chi connectivity index (χ1v) is 17.6. The maximum Gasteiger partial charge on any atom is 0.409 e. The summed E-state index contributed by atoms with van der Waals surface area (Å²) >= 11 is 0. The summed E-state index contributed by atoms with van der Waals surface area (Å²) in [4.78, 5) is 43.0. The number of carbonyl (C=O) groups is 3. The second kappa shape index (κ2) is 12.3. The fourth-order valence-electron chi connectivity index (χ4n) is 5.93. The van der Waals surface area contributed by atoms with Crippen LogP contribution >= 0.6 is 0 Å². The number of morpholine rings is 1. The Morgan fingerprint density at radius 3 is 2.15 bits per heavy atom. The zero-order valence-electron chi connectivity index (χ0n) is 23.6. The maximum atomic E-state index is 14.1. The van der Waals surface area contributed by atoms with Crippen molar-refractivity contribution < 1.29 is 29.0 Å². The van der Waals surface area contributed by atoms with Crippen LogP contribution in [0.25, 0.3) is 0 Å². The minimum absolute atomic E-state index is 0.105. The van der Waals surface area contributed by atoms with Crippen molar-refractivity contribution in [3.63, 3.8) is 0 Å². The highest BCUT2D eigenvalue weighted by Gasteiger charge is 2.61. The van der Waals surface area contributed by atoms with Crippen LogP contribution in [0.4, 0.5) is 9.59 Å². The van der Waals surface area contributed by atoms with Crippen molar-refractivity contribution >= 4 is 26.2 Å². The van der Waals surface area contributed by atoms with E-state index in [0.29, 0.717) is 32.5 Å². The lowest BCUT2D eigenvalue weighted by atomic mass is 9.71. The van der Waals surface area contributed by atoms with Crippen LogP contribution in [0.1, 0.15) is 42.5 Å². The number of carbonyl (C=O) groups excluding carboxylic acids is 2. The van der Waals surface area contributed by atoms with Gasteiger partial charge in [-0.25, -0.2) is 14.4 Å². The van der Waals surface area contributed by atoms with Gasteiger partial charge >= 0.3 is 18.2 Å². The summed E-state index contributed by atoms with van der Waals surface area (Å²) in [6.07, 6.45) is 0.212. The molecule has 1 N–H and O–H groups in total. The molecule has 0 saturated carbocycles. The van der Waals surface area contributed by atoms with E-state index in [1.165, 1.54) is 4.90 Å². The number of piperidine rings is 1. The van der Waals surface area contributed by atoms with Crippen LogP contribution in [0.15, 0.2) is 73.3 Å². The van der Waals surface area contributed by atoms with E-state index in [0.717, 1.165) is 17.2 Å². The Morgan fingerprint density at radius 2 is 1.62 bits per heavy atom. The van der Waals surface area contributed by atoms with Gasteiger partial charge in [0, 0.05) is 21.2 Å². The topological polar surface area (TPSA) is 96.4 Å². The van der Waals surface area contributed by atoms with E-state index in [-0.39, 0.29) is 18.4 Å². The molecule has 2 amide bonds. The number of ether oxygens (including phenoxy) is 2. The third kappa shape index (κ3) is 6.09. The molecule has 4 rings (SSSR count). The third-order valence-corrected chi connectivity index (χ3v) is 9.72. The molecular weight excluding hydrogens is 524 g/mol. The van der Waals surface area contributed by atoms with Crippen LogP contribution in [-0.2, 0) is 14.3 Å². The number of hydrogen-bond donors (Lipinski definition) is 1. The molecule has 2 heterocycles. The molecule has 0 spiro atoms. The smallest absolute Gasteiger partial charge is 0.409 e. The number of hydrogen-bond acceptors (Lipinski definition) is 5. The summed E-state index contributed by atoms with van der Waals surface area (Å²) in [6.45, 7) is 11.7. The Kier molecular flexibility index (Phi) is 9.03. The average molecular weight is 565 g/mol. The van der Waals surface area contributed by atoms with Gasteiger partial charge < -0.3 is 19.5 Å². The van der Waals surface area contributed by atoms with Crippen molar-refractivity contribution in [2.24, 2.45) is 5.92 Å². The van der Waals surface area contributed by atoms with Crippen LogP contribution in [0.5, 0.6) is 0 Å². The van der Waals surface area contributed by atoms with Gasteiger partial charge in [0.1, 0.15) is 6.04 Å². The molecule has 0 unspecified atom stereocenters. The zero-order chi connectivity index (χ0) is 28.9. The molecule has 0 radical (unpaired) electrons. The first kappa shape index (κ1) is 29.4. The lowest BCUT2D eigenvalue weighted by molar-refractivity contribution is -0.194. The van der Waals surface area contributed by atoms with E-state index < -0.39 is 37.8 Å². The fraction of sp³-hybridized carbons (Fsp3) is 0.452. The van der Waals surface area contributed by atoms with Gasteiger partial charge in [0.25, 0.3) is 0 Å². The number of rotatable bonds is 8. The minimum atomic E-state index is -1.48. The first-order chi connectivity index (χ1) is 19.1. The number of esters is 1. The molecule has 2 fully saturated rings. The fourth-order valence-corrected chi connectivity index (χ4v) is 6.64. The number of nitrogens with zero attached hydrogens (tertiary/aromatic N) is 2. The number of cyclic esters (lactones) is 1. The lowest BCUT2D eigenvalue weighted by Crippen LogP contribution is -2.67. The molecule has 2 aromatic rings. The van der Waals surface area contributed by atoms with Crippen LogP contribution < -0.4 is 0 Å². The quantitative estimate of drug-likeness (QED) is 0.223. The van der Waals surface area contributed by atoms with Crippen molar-refractivity contribution in [2.75, 3.05) is 19.7 Å². The highest BCUT2D eigenvalue weighted by Crippen LogP contribution is 2.51. The summed E-state index contributed by atoms with van der Waals surface area (Å²) in [5.41, 5.74) is -0.0187. The second-order valence-corrected chi connectivity index (χ2v) is 17.5. The normalized spacial score (nSPS) is 23.8. The van der Waals surface area contributed by atoms with Crippen molar-refractivity contribution in [3.8, 4) is 0 Å². The van der Waals surface area contributed by atoms with E-state index in [4.69, 9.17) is 9.47 Å². The van der Waals surface area contributed by atoms with E-state index in [1.807, 2.05) is 60.7 Å². The number of likely N-dealkylation sites (tertiary alicyclic amines) is 1. The van der Waals surface area contributed by atoms with Gasteiger partial charge in [0.05, 0.1) is 6.61 Å². The largest absolute Gasteiger partial charge is 0.465 e. The van der Waals surface area contributed by atoms with Gasteiger partial charge in [0.15, 0.2) is 11.6 Å². The van der Waals surface area contributed by atoms with E-state index in [9.17, 15) is 19.5 Å². The molecule has 2 saturated heterocycles. The highest BCUT2D eigenvalue weighted by atomic mass is 28.3. The predicted octanol–water partition coefficient (Wildman–Crippen LogP) is 6.51. The Bertz CT molecular complexity index is 1190. The summed E-state index contributed by atoms with van der Waals surface area (Å²) < 4.78 is 11.7. The van der Waals surface area contributed by atoms with Crippen LogP contribution in [0.3, 0.4) is 0 Å². The van der Waals surface area contributed by atoms with E-state index in [1.54, 1.807) is 11.0 Å². The number of amides is 2. The van der Waals surface area contributed by atoms with Crippen LogP contribution in [0.2, 0.25) is 25.7 Å². The molecule has 2 aliphatic heterocycles. The molecule has 2 aliphatic rings. The molecule has 2 aromatic carbocycles. The zero-order valence-corrected chi connectivity index (χ0v) is 24.6. The Balaban J connectivity index is 1.66. The van der Waals surface area contributed by atoms with Gasteiger partial charge in [-0.1, -0.05) is 86.4 Å². The number of carboxylic acid groups (broad SMARTS) is 1. The average Bonchev–Trinajstić information content (AvgIpc) is 2.94. The first-order valence-electron chi connectivity index (χ1n) is 13.9. The van der Waals surface area contributed by atoms with Gasteiger partial charge in [0.2, 0.25) is 0 Å². The monoisotopic (exact) mass is 564 g/mol. The van der Waals surface area contributed by atoms with E-state index in [2.05, 4.69) is 26.2 Å². The van der Waals surface area contributed by atoms with Crippen molar-refractivity contribution in [1.29, 1.82) is 0 Å². The maximum absolute atomic E-state index is 14.1. The lowest BCUT2D eigenvalue weighted by Gasteiger charge is -2.55. The molecule has 9 heteroatoms. The Hall–Kier alpha value is -3.59. The SMILES string of the molecule is C=CC[C@]1(C2CCN(C(=O)OCC[Si](C)(C)C)CC2)C(=O)O[C@@H](c2ccccc2)[C@@H](c2ccccc2)N1C(=O)O. The van der Waals surface area contributed by atoms with Gasteiger partial charge in [-0.3, -0.25) is 4.90 Å². The Morgan fingerprint density at radius 1 is 1.05 bits per heavy atom. The van der Waals surface area contributed by atoms with Gasteiger partial charge in [-0.05, 0) is 42.4 Å². The van der Waals surface area contributed by atoms with Crippen molar-refractivity contribution in [2.45, 2.75) is 62.6 Å². The molecule has 40 heavy (non-hydrogen) atoms. The number of benzene rings is 2. The van der Waals surface area contributed by atoms with Gasteiger partial charge in [-0.2, -0.15) is 0 Å². The molecule has 0 aromatic heterocycles. The second-order valence-electron chi connectivity index (χ2n) is 11.8. The van der Waals surface area contributed by atoms with Gasteiger partial charge in [-0.15, -0.1) is 6.58 Å². The van der Waals surface area contributed by atoms with E-state index >= 15 is 0 Å². The molecular formula is C31H40N2O6Si. The molecule has 0 bridgehead atoms. The summed E-state index contributed by atoms with van der Waals surface area (Å²) in [6, 6.07) is 18.7. The molecule has 0 aliphatic carbocycles. The summed E-state index contributed by atoms with van der Waals surface area (Å²) in [5.74, 6) is -0.949. The molecule has 8 nitrogen and oxygen atoms in total. The summed E-state index contributed by atoms with van der Waals surface area (Å²) in [5, 5.41) is 10.8. The Labute approximate surface area is 237 Å².